The largest absolute Gasteiger partial charge is 0.453 e. The predicted octanol–water partition coefficient (Wildman–Crippen LogP) is 3.39. The number of anilines is 2. The average molecular weight is 524 g/mol. The van der Waals surface area contributed by atoms with Gasteiger partial charge in [0.2, 0.25) is 16.0 Å². The van der Waals surface area contributed by atoms with E-state index >= 15 is 4.39 Å². The SMILES string of the molecule is COC(=O)NC(C)CNc1nccc(-c2cn(C(C)C)nc2-c2cc(F)cc(NS(C)(=O)=O)c2F)n1. The number of ether oxygens (including phenoxy) is 1. The summed E-state index contributed by atoms with van der Waals surface area (Å²) in [5.41, 5.74) is 0.0471. The third-order valence-electron chi connectivity index (χ3n) is 4.90. The van der Waals surface area contributed by atoms with Gasteiger partial charge in [0.1, 0.15) is 11.5 Å². The van der Waals surface area contributed by atoms with Gasteiger partial charge in [-0.15, -0.1) is 0 Å². The van der Waals surface area contributed by atoms with Crippen LogP contribution >= 0.6 is 0 Å². The highest BCUT2D eigenvalue weighted by atomic mass is 32.2. The molecule has 11 nitrogen and oxygen atoms in total. The number of benzene rings is 1. The minimum atomic E-state index is -3.86. The van der Waals surface area contributed by atoms with Gasteiger partial charge in [-0.05, 0) is 32.9 Å². The molecule has 0 aliphatic heterocycles. The van der Waals surface area contributed by atoms with Crippen LogP contribution in [0.4, 0.5) is 25.2 Å². The molecule has 2 heterocycles. The summed E-state index contributed by atoms with van der Waals surface area (Å²) in [6.45, 7) is 5.77. The van der Waals surface area contributed by atoms with E-state index in [0.29, 0.717) is 11.3 Å². The molecule has 0 radical (unpaired) electrons. The monoisotopic (exact) mass is 523 g/mol. The molecule has 3 aromatic rings. The van der Waals surface area contributed by atoms with Crippen LogP contribution in [-0.4, -0.2) is 60.2 Å². The molecule has 0 spiro atoms. The van der Waals surface area contributed by atoms with Crippen LogP contribution in [0.15, 0.2) is 30.6 Å². The Bertz CT molecular complexity index is 1360. The number of methoxy groups -OCH3 is 1. The Hall–Kier alpha value is -3.81. The zero-order chi connectivity index (χ0) is 26.6. The summed E-state index contributed by atoms with van der Waals surface area (Å²) in [6.07, 6.45) is 3.39. The molecule has 2 aromatic heterocycles. The lowest BCUT2D eigenvalue weighted by atomic mass is 10.0. The lowest BCUT2D eigenvalue weighted by Gasteiger charge is -2.14. The molecule has 0 fully saturated rings. The van der Waals surface area contributed by atoms with Crippen LogP contribution in [0.1, 0.15) is 26.8 Å². The van der Waals surface area contributed by atoms with Gasteiger partial charge >= 0.3 is 6.09 Å². The van der Waals surface area contributed by atoms with Crippen molar-refractivity contribution in [1.82, 2.24) is 25.1 Å². The number of nitrogens with one attached hydrogen (secondary N) is 3. The van der Waals surface area contributed by atoms with Gasteiger partial charge in [-0.25, -0.2) is 32.0 Å². The van der Waals surface area contributed by atoms with Crippen LogP contribution in [-0.2, 0) is 14.8 Å². The fraction of sp³-hybridized carbons (Fsp3) is 0.364. The molecular weight excluding hydrogens is 496 g/mol. The summed E-state index contributed by atoms with van der Waals surface area (Å²) in [5.74, 6) is -1.60. The quantitative estimate of drug-likeness (QED) is 0.388. The predicted molar refractivity (Wildman–Crippen MR) is 131 cm³/mol. The molecule has 3 N–H and O–H groups in total. The number of rotatable bonds is 9. The number of alkyl carbamates (subject to hydrolysis) is 1. The normalized spacial score (nSPS) is 12.3. The molecule has 0 aliphatic rings. The lowest BCUT2D eigenvalue weighted by molar-refractivity contribution is 0.168. The van der Waals surface area contributed by atoms with Crippen molar-refractivity contribution in [2.45, 2.75) is 32.9 Å². The molecule has 14 heteroatoms. The Kier molecular flexibility index (Phi) is 8.07. The minimum Gasteiger partial charge on any atom is -0.453 e. The zero-order valence-corrected chi connectivity index (χ0v) is 21.2. The minimum absolute atomic E-state index is 0.0719. The first-order chi connectivity index (χ1) is 16.9. The fourth-order valence-corrected chi connectivity index (χ4v) is 3.78. The lowest BCUT2D eigenvalue weighted by Crippen LogP contribution is -2.37. The number of nitrogens with zero attached hydrogens (tertiary/aromatic N) is 4. The van der Waals surface area contributed by atoms with E-state index in [1.54, 1.807) is 23.9 Å². The highest BCUT2D eigenvalue weighted by Crippen LogP contribution is 2.36. The number of aromatic nitrogens is 4. The molecule has 194 valence electrons. The van der Waals surface area contributed by atoms with Crippen LogP contribution in [0.5, 0.6) is 0 Å². The van der Waals surface area contributed by atoms with Gasteiger partial charge in [0, 0.05) is 48.2 Å². The van der Waals surface area contributed by atoms with Crippen molar-refractivity contribution < 1.29 is 26.7 Å². The van der Waals surface area contributed by atoms with Crippen LogP contribution in [0, 0.1) is 11.6 Å². The van der Waals surface area contributed by atoms with Crippen LogP contribution in [0.25, 0.3) is 22.5 Å². The van der Waals surface area contributed by atoms with Crippen LogP contribution in [0.2, 0.25) is 0 Å². The van der Waals surface area contributed by atoms with Gasteiger partial charge in [0.25, 0.3) is 0 Å². The highest BCUT2D eigenvalue weighted by molar-refractivity contribution is 7.92. The molecular formula is C22H27F2N7O4S. The van der Waals surface area contributed by atoms with E-state index in [-0.39, 0.29) is 35.8 Å². The summed E-state index contributed by atoms with van der Waals surface area (Å²) in [7, 11) is -2.60. The van der Waals surface area contributed by atoms with E-state index in [1.807, 2.05) is 18.6 Å². The number of hydrogen-bond acceptors (Lipinski definition) is 8. The zero-order valence-electron chi connectivity index (χ0n) is 20.3. The van der Waals surface area contributed by atoms with E-state index in [9.17, 15) is 17.6 Å². The topological polar surface area (TPSA) is 140 Å². The number of hydrogen-bond donors (Lipinski definition) is 3. The van der Waals surface area contributed by atoms with Crippen molar-refractivity contribution in [3.63, 3.8) is 0 Å². The van der Waals surface area contributed by atoms with E-state index < -0.39 is 33.4 Å². The van der Waals surface area contributed by atoms with Crippen molar-refractivity contribution in [3.05, 3.63) is 42.2 Å². The standard InChI is InChI=1S/C22H27F2N7O4S/c1-12(2)31-11-16(17-6-7-25-21(28-17)26-10-13(3)27-22(32)35-4)20(29-31)15-8-14(23)9-18(19(15)24)30-36(5,33)34/h6-9,11-13,30H,10H2,1-5H3,(H,27,32)(H,25,26,28). The van der Waals surface area contributed by atoms with Gasteiger partial charge in [-0.2, -0.15) is 5.10 Å². The average Bonchev–Trinajstić information content (AvgIpc) is 3.25. The number of carbonyl (C=O) groups is 1. The Labute approximate surface area is 207 Å². The van der Waals surface area contributed by atoms with Gasteiger partial charge in [-0.3, -0.25) is 9.40 Å². The molecule has 36 heavy (non-hydrogen) atoms. The van der Waals surface area contributed by atoms with E-state index in [4.69, 9.17) is 0 Å². The summed E-state index contributed by atoms with van der Waals surface area (Å²) >= 11 is 0. The number of sulfonamides is 1. The third-order valence-corrected chi connectivity index (χ3v) is 5.49. The van der Waals surface area contributed by atoms with E-state index in [2.05, 4.69) is 30.4 Å². The maximum atomic E-state index is 15.4. The molecule has 3 rings (SSSR count). The summed E-state index contributed by atoms with van der Waals surface area (Å²) in [5, 5.41) is 10.0. The molecule has 0 saturated heterocycles. The van der Waals surface area contributed by atoms with Crippen LogP contribution in [0.3, 0.4) is 0 Å². The maximum absolute atomic E-state index is 15.4. The molecule has 1 atom stereocenters. The second-order valence-electron chi connectivity index (χ2n) is 8.34. The highest BCUT2D eigenvalue weighted by Gasteiger charge is 2.23. The van der Waals surface area contributed by atoms with Crippen molar-refractivity contribution in [1.29, 1.82) is 0 Å². The second-order valence-corrected chi connectivity index (χ2v) is 10.1. The van der Waals surface area contributed by atoms with Gasteiger partial charge < -0.3 is 15.4 Å². The van der Waals surface area contributed by atoms with Crippen molar-refractivity contribution in [2.75, 3.05) is 29.9 Å². The first kappa shape index (κ1) is 26.8. The smallest absolute Gasteiger partial charge is 0.407 e. The summed E-state index contributed by atoms with van der Waals surface area (Å²) in [4.78, 5) is 20.0. The van der Waals surface area contributed by atoms with Crippen LogP contribution < -0.4 is 15.4 Å². The molecule has 1 unspecified atom stereocenters. The number of halogens is 2. The summed E-state index contributed by atoms with van der Waals surface area (Å²) in [6, 6.07) is 2.87. The van der Waals surface area contributed by atoms with Crippen molar-refractivity contribution in [2.24, 2.45) is 0 Å². The van der Waals surface area contributed by atoms with Crippen molar-refractivity contribution >= 4 is 27.8 Å². The molecule has 0 aliphatic carbocycles. The number of amides is 1. The summed E-state index contributed by atoms with van der Waals surface area (Å²) < 4.78 is 61.2. The second kappa shape index (κ2) is 10.8. The Morgan fingerprint density at radius 3 is 2.56 bits per heavy atom. The van der Waals surface area contributed by atoms with E-state index in [1.165, 1.54) is 13.3 Å². The van der Waals surface area contributed by atoms with E-state index in [0.717, 1.165) is 18.4 Å². The molecule has 0 bridgehead atoms. The Morgan fingerprint density at radius 1 is 1.19 bits per heavy atom. The molecule has 1 aromatic carbocycles. The van der Waals surface area contributed by atoms with Gasteiger partial charge in [0.05, 0.1) is 24.7 Å². The first-order valence-corrected chi connectivity index (χ1v) is 12.7. The Balaban J connectivity index is 2.03. The molecule has 0 saturated carbocycles. The van der Waals surface area contributed by atoms with Gasteiger partial charge in [-0.1, -0.05) is 0 Å². The maximum Gasteiger partial charge on any atom is 0.407 e. The van der Waals surface area contributed by atoms with Crippen molar-refractivity contribution in [3.8, 4) is 22.5 Å². The Morgan fingerprint density at radius 2 is 1.92 bits per heavy atom. The number of carbonyl (C=O) groups excluding carboxylic acids is 1. The third kappa shape index (κ3) is 6.65. The first-order valence-electron chi connectivity index (χ1n) is 10.9. The fourth-order valence-electron chi connectivity index (χ4n) is 3.23. The van der Waals surface area contributed by atoms with Gasteiger partial charge in [0.15, 0.2) is 5.82 Å². The molecule has 1 amide bonds.